The van der Waals surface area contributed by atoms with Crippen molar-refractivity contribution in [2.75, 3.05) is 0 Å². The van der Waals surface area contributed by atoms with Crippen LogP contribution < -0.4 is 5.32 Å². The van der Waals surface area contributed by atoms with Crippen molar-refractivity contribution >= 4 is 40.7 Å². The molecule has 5 nitrogen and oxygen atoms in total. The van der Waals surface area contributed by atoms with E-state index in [0.717, 1.165) is 31.4 Å². The molecule has 1 saturated carbocycles. The molecule has 0 aliphatic heterocycles. The van der Waals surface area contributed by atoms with E-state index >= 15 is 0 Å². The van der Waals surface area contributed by atoms with Gasteiger partial charge >= 0.3 is 0 Å². The number of nitrogens with zero attached hydrogens (tertiary/aromatic N) is 2. The molecule has 2 aromatic carbocycles. The third kappa shape index (κ3) is 5.24. The fraction of sp³-hybridized carbons (Fsp3) is 0.304. The van der Waals surface area contributed by atoms with Crippen molar-refractivity contribution in [1.82, 2.24) is 14.9 Å². The molecule has 0 radical (unpaired) electrons. The number of carbonyl (C=O) groups excluding carboxylic acids is 1. The van der Waals surface area contributed by atoms with E-state index in [0.29, 0.717) is 32.1 Å². The molecule has 0 unspecified atom stereocenters. The summed E-state index contributed by atoms with van der Waals surface area (Å²) in [5.74, 6) is 0.435. The van der Waals surface area contributed by atoms with Crippen LogP contribution in [0.5, 0.6) is 0 Å². The molecule has 1 aromatic heterocycles. The van der Waals surface area contributed by atoms with Crippen LogP contribution in [0, 0.1) is 0 Å². The van der Waals surface area contributed by atoms with Crippen LogP contribution in [-0.4, -0.2) is 32.7 Å². The van der Waals surface area contributed by atoms with Crippen molar-refractivity contribution in [1.29, 1.82) is 0 Å². The second-order valence-corrected chi connectivity index (χ2v) is 9.01. The molecule has 0 saturated heterocycles. The highest BCUT2D eigenvalue weighted by atomic mass is 35.5. The molecule has 1 aliphatic carbocycles. The number of aliphatic hydroxyl groups excluding tert-OH is 1. The van der Waals surface area contributed by atoms with E-state index in [1.54, 1.807) is 24.3 Å². The molecule has 2 atom stereocenters. The van der Waals surface area contributed by atoms with E-state index < -0.39 is 6.10 Å². The van der Waals surface area contributed by atoms with Crippen LogP contribution in [0.1, 0.15) is 31.4 Å². The first kappa shape index (κ1) is 22.2. The summed E-state index contributed by atoms with van der Waals surface area (Å²) in [6.07, 6.45) is 4.93. The fourth-order valence-electron chi connectivity index (χ4n) is 3.88. The van der Waals surface area contributed by atoms with Gasteiger partial charge in [-0.15, -0.1) is 0 Å². The standard InChI is InChI=1S/C23H22Cl3N3O2/c24-14-5-8-17(9-6-14)29-13-16(12-22(31)28-20-3-1-2-4-21(20)30)27-23(29)18-10-7-15(25)11-19(18)26/h5-11,13,20-21,30H,1-4,12H2,(H,28,31)/t20-,21-/m1/s1. The molecule has 162 valence electrons. The zero-order valence-corrected chi connectivity index (χ0v) is 19.0. The van der Waals surface area contributed by atoms with E-state index in [9.17, 15) is 9.90 Å². The first-order chi connectivity index (χ1) is 14.9. The number of nitrogens with one attached hydrogen (secondary N) is 1. The van der Waals surface area contributed by atoms with Crippen LogP contribution in [-0.2, 0) is 11.2 Å². The smallest absolute Gasteiger partial charge is 0.226 e. The number of rotatable bonds is 5. The molecule has 4 rings (SSSR count). The molecule has 0 bridgehead atoms. The van der Waals surface area contributed by atoms with E-state index in [-0.39, 0.29) is 18.4 Å². The molecule has 1 aliphatic rings. The summed E-state index contributed by atoms with van der Waals surface area (Å²) in [7, 11) is 0. The van der Waals surface area contributed by atoms with Crippen molar-refractivity contribution in [3.63, 3.8) is 0 Å². The molecule has 0 spiro atoms. The molecular weight excluding hydrogens is 457 g/mol. The second-order valence-electron chi connectivity index (χ2n) is 7.73. The van der Waals surface area contributed by atoms with Gasteiger partial charge in [-0.3, -0.25) is 9.36 Å². The average Bonchev–Trinajstić information content (AvgIpc) is 3.13. The molecule has 1 fully saturated rings. The summed E-state index contributed by atoms with van der Waals surface area (Å²) in [5, 5.41) is 14.7. The summed E-state index contributed by atoms with van der Waals surface area (Å²) in [6, 6.07) is 12.4. The summed E-state index contributed by atoms with van der Waals surface area (Å²) in [4.78, 5) is 17.3. The van der Waals surface area contributed by atoms with Gasteiger partial charge in [0.15, 0.2) is 0 Å². The van der Waals surface area contributed by atoms with Gasteiger partial charge < -0.3 is 10.4 Å². The lowest BCUT2D eigenvalue weighted by atomic mass is 9.92. The Morgan fingerprint density at radius 3 is 2.48 bits per heavy atom. The molecule has 3 aromatic rings. The highest BCUT2D eigenvalue weighted by Crippen LogP contribution is 2.32. The third-order valence-electron chi connectivity index (χ3n) is 5.45. The number of imidazole rings is 1. The van der Waals surface area contributed by atoms with E-state index in [4.69, 9.17) is 39.8 Å². The lowest BCUT2D eigenvalue weighted by Gasteiger charge is -2.28. The van der Waals surface area contributed by atoms with Crippen molar-refractivity contribution in [2.24, 2.45) is 0 Å². The summed E-state index contributed by atoms with van der Waals surface area (Å²) >= 11 is 18.5. The SMILES string of the molecule is O=C(Cc1cn(-c2ccc(Cl)cc2)c(-c2ccc(Cl)cc2Cl)n1)N[C@@H]1CCCC[C@H]1O. The zero-order valence-electron chi connectivity index (χ0n) is 16.7. The Balaban J connectivity index is 1.64. The number of halogens is 3. The van der Waals surface area contributed by atoms with Crippen LogP contribution in [0.2, 0.25) is 15.1 Å². The van der Waals surface area contributed by atoms with Crippen LogP contribution in [0.3, 0.4) is 0 Å². The molecule has 1 heterocycles. The van der Waals surface area contributed by atoms with Crippen LogP contribution in [0.15, 0.2) is 48.7 Å². The Hall–Kier alpha value is -2.05. The van der Waals surface area contributed by atoms with Gasteiger partial charge in [0.05, 0.1) is 29.3 Å². The first-order valence-corrected chi connectivity index (χ1v) is 11.3. The van der Waals surface area contributed by atoms with Gasteiger partial charge in [0, 0.05) is 27.5 Å². The van der Waals surface area contributed by atoms with E-state index in [2.05, 4.69) is 5.32 Å². The van der Waals surface area contributed by atoms with Gasteiger partial charge in [0.25, 0.3) is 0 Å². The second kappa shape index (κ2) is 9.61. The molecule has 8 heteroatoms. The normalized spacial score (nSPS) is 18.7. The lowest BCUT2D eigenvalue weighted by molar-refractivity contribution is -0.122. The van der Waals surface area contributed by atoms with E-state index in [1.807, 2.05) is 29.0 Å². The minimum Gasteiger partial charge on any atom is -0.391 e. The Morgan fingerprint density at radius 1 is 1.06 bits per heavy atom. The number of hydrogen-bond acceptors (Lipinski definition) is 3. The largest absolute Gasteiger partial charge is 0.391 e. The summed E-state index contributed by atoms with van der Waals surface area (Å²) < 4.78 is 1.88. The number of benzene rings is 2. The predicted molar refractivity (Wildman–Crippen MR) is 124 cm³/mol. The van der Waals surface area contributed by atoms with Gasteiger partial charge in [-0.25, -0.2) is 4.98 Å². The monoisotopic (exact) mass is 477 g/mol. The quantitative estimate of drug-likeness (QED) is 0.511. The highest BCUT2D eigenvalue weighted by molar-refractivity contribution is 6.36. The fourth-order valence-corrected chi connectivity index (χ4v) is 4.49. The number of aliphatic hydroxyl groups is 1. The lowest BCUT2D eigenvalue weighted by Crippen LogP contribution is -2.45. The molecule has 1 amide bonds. The maximum absolute atomic E-state index is 12.6. The topological polar surface area (TPSA) is 67.2 Å². The van der Waals surface area contributed by atoms with Gasteiger partial charge in [0.1, 0.15) is 5.82 Å². The molecule has 2 N–H and O–H groups in total. The third-order valence-corrected chi connectivity index (χ3v) is 6.25. The highest BCUT2D eigenvalue weighted by Gasteiger charge is 2.25. The van der Waals surface area contributed by atoms with Crippen molar-refractivity contribution < 1.29 is 9.90 Å². The number of hydrogen-bond donors (Lipinski definition) is 2. The molecular formula is C23H22Cl3N3O2. The summed E-state index contributed by atoms with van der Waals surface area (Å²) in [5.41, 5.74) is 2.14. The van der Waals surface area contributed by atoms with Gasteiger partial charge in [0.2, 0.25) is 5.91 Å². The molecule has 31 heavy (non-hydrogen) atoms. The Bertz CT molecular complexity index is 1080. The zero-order chi connectivity index (χ0) is 22.0. The first-order valence-electron chi connectivity index (χ1n) is 10.2. The Labute approximate surface area is 196 Å². The number of aromatic nitrogens is 2. The van der Waals surface area contributed by atoms with Crippen LogP contribution in [0.25, 0.3) is 17.1 Å². The number of carbonyl (C=O) groups is 1. The predicted octanol–water partition coefficient (Wildman–Crippen LogP) is 5.46. The van der Waals surface area contributed by atoms with Gasteiger partial charge in [-0.2, -0.15) is 0 Å². The van der Waals surface area contributed by atoms with Gasteiger partial charge in [-0.1, -0.05) is 47.6 Å². The average molecular weight is 479 g/mol. The maximum Gasteiger partial charge on any atom is 0.226 e. The van der Waals surface area contributed by atoms with E-state index in [1.165, 1.54) is 0 Å². The summed E-state index contributed by atoms with van der Waals surface area (Å²) in [6.45, 7) is 0. The van der Waals surface area contributed by atoms with Crippen molar-refractivity contribution in [3.05, 3.63) is 69.4 Å². The van der Waals surface area contributed by atoms with Crippen LogP contribution >= 0.6 is 34.8 Å². The van der Waals surface area contributed by atoms with Crippen LogP contribution in [0.4, 0.5) is 0 Å². The maximum atomic E-state index is 12.6. The van der Waals surface area contributed by atoms with Crippen molar-refractivity contribution in [3.8, 4) is 17.1 Å². The minimum atomic E-state index is -0.493. The van der Waals surface area contributed by atoms with Gasteiger partial charge in [-0.05, 0) is 55.3 Å². The Kier molecular flexibility index (Phi) is 6.87. The number of amides is 1. The Morgan fingerprint density at radius 2 is 1.77 bits per heavy atom. The minimum absolute atomic E-state index is 0.0992. The van der Waals surface area contributed by atoms with Crippen molar-refractivity contribution in [2.45, 2.75) is 44.2 Å².